The lowest BCUT2D eigenvalue weighted by molar-refractivity contribution is -0.116. The van der Waals surface area contributed by atoms with E-state index in [0.717, 1.165) is 5.56 Å². The summed E-state index contributed by atoms with van der Waals surface area (Å²) in [5.74, 6) is -0.923. The maximum Gasteiger partial charge on any atom is 0.244 e. The van der Waals surface area contributed by atoms with Crippen molar-refractivity contribution in [3.8, 4) is 0 Å². The van der Waals surface area contributed by atoms with E-state index in [4.69, 9.17) is 11.6 Å². The Morgan fingerprint density at radius 2 is 2.29 bits per heavy atom. The van der Waals surface area contributed by atoms with Gasteiger partial charge in [0, 0.05) is 18.2 Å². The summed E-state index contributed by atoms with van der Waals surface area (Å²) in [6.07, 6.45) is 1.74. The highest BCUT2D eigenvalue weighted by atomic mass is 35.5. The van der Waals surface area contributed by atoms with E-state index in [1.807, 2.05) is 10.8 Å². The highest BCUT2D eigenvalue weighted by Crippen LogP contribution is 2.20. The zero-order valence-corrected chi connectivity index (χ0v) is 12.5. The number of hydrogen-bond donors (Lipinski definition) is 2. The van der Waals surface area contributed by atoms with Crippen molar-refractivity contribution in [3.63, 3.8) is 0 Å². The first kappa shape index (κ1) is 15.7. The Bertz CT molecular complexity index is 623. The molecule has 0 radical (unpaired) electrons. The first-order valence-corrected chi connectivity index (χ1v) is 7.50. The van der Waals surface area contributed by atoms with Crippen LogP contribution in [0.15, 0.2) is 41.1 Å². The van der Waals surface area contributed by atoms with Crippen LogP contribution < -0.4 is 5.32 Å². The number of hydrogen-bond acceptors (Lipinski definition) is 3. The summed E-state index contributed by atoms with van der Waals surface area (Å²) in [6, 6.07) is 6.09. The Morgan fingerprint density at radius 1 is 1.48 bits per heavy atom. The molecule has 1 unspecified atom stereocenters. The Morgan fingerprint density at radius 3 is 2.95 bits per heavy atom. The third-order valence-corrected chi connectivity index (χ3v) is 3.83. The maximum absolute atomic E-state index is 13.5. The van der Waals surface area contributed by atoms with Gasteiger partial charge >= 0.3 is 0 Å². The van der Waals surface area contributed by atoms with Gasteiger partial charge < -0.3 is 10.4 Å². The highest BCUT2D eigenvalue weighted by Gasteiger charge is 2.09. The molecule has 0 bridgehead atoms. The largest absolute Gasteiger partial charge is 0.387 e. The maximum atomic E-state index is 13.5. The molecule has 2 aromatic rings. The molecule has 1 aromatic heterocycles. The van der Waals surface area contributed by atoms with Gasteiger partial charge in [-0.1, -0.05) is 17.7 Å². The summed E-state index contributed by atoms with van der Waals surface area (Å²) in [5, 5.41) is 16.3. The molecule has 1 aromatic carbocycles. The first-order valence-electron chi connectivity index (χ1n) is 6.18. The minimum atomic E-state index is -0.759. The van der Waals surface area contributed by atoms with E-state index in [1.54, 1.807) is 12.1 Å². The second-order valence-corrected chi connectivity index (χ2v) is 5.47. The minimum Gasteiger partial charge on any atom is -0.387 e. The number of rotatable bonds is 5. The van der Waals surface area contributed by atoms with Gasteiger partial charge in [-0.2, -0.15) is 11.3 Å². The van der Waals surface area contributed by atoms with Gasteiger partial charge in [-0.15, -0.1) is 0 Å². The lowest BCUT2D eigenvalue weighted by atomic mass is 10.2. The number of carbonyl (C=O) groups is 1. The minimum absolute atomic E-state index is 0.0882. The summed E-state index contributed by atoms with van der Waals surface area (Å²) in [7, 11) is 0. The van der Waals surface area contributed by atoms with E-state index in [1.165, 1.54) is 35.6 Å². The first-order chi connectivity index (χ1) is 10.1. The Labute approximate surface area is 130 Å². The molecule has 21 heavy (non-hydrogen) atoms. The molecule has 0 aliphatic heterocycles. The molecule has 0 spiro atoms. The van der Waals surface area contributed by atoms with Crippen molar-refractivity contribution < 1.29 is 14.3 Å². The lowest BCUT2D eigenvalue weighted by Crippen LogP contribution is -2.26. The number of thiophene rings is 1. The number of amides is 1. The molecule has 1 amide bonds. The van der Waals surface area contributed by atoms with Crippen molar-refractivity contribution in [1.82, 2.24) is 5.32 Å². The van der Waals surface area contributed by atoms with E-state index >= 15 is 0 Å². The number of benzene rings is 1. The summed E-state index contributed by atoms with van der Waals surface area (Å²) in [6.45, 7) is 0.0882. The summed E-state index contributed by atoms with van der Waals surface area (Å²) in [5.41, 5.74) is 0.911. The number of nitrogens with one attached hydrogen (secondary N) is 1. The Balaban J connectivity index is 1.91. The fourth-order valence-electron chi connectivity index (χ4n) is 1.67. The van der Waals surface area contributed by atoms with Crippen molar-refractivity contribution in [3.05, 3.63) is 63.1 Å². The summed E-state index contributed by atoms with van der Waals surface area (Å²) in [4.78, 5) is 11.6. The standard InChI is InChI=1S/C15H13ClFNO2S/c16-12-2-1-3-13(17)11(12)4-5-15(20)18-8-14(19)10-6-7-21-9-10/h1-7,9,14,19H,8H2,(H,18,20)/b5-4+. The van der Waals surface area contributed by atoms with Crippen LogP contribution in [0.3, 0.4) is 0 Å². The van der Waals surface area contributed by atoms with Crippen molar-refractivity contribution in [2.75, 3.05) is 6.54 Å². The van der Waals surface area contributed by atoms with Gasteiger partial charge in [0.15, 0.2) is 0 Å². The zero-order chi connectivity index (χ0) is 15.2. The molecule has 0 saturated heterocycles. The van der Waals surface area contributed by atoms with E-state index < -0.39 is 17.8 Å². The van der Waals surface area contributed by atoms with Gasteiger partial charge in [0.1, 0.15) is 5.82 Å². The van der Waals surface area contributed by atoms with Gasteiger partial charge in [-0.05, 0) is 40.6 Å². The van der Waals surface area contributed by atoms with Crippen molar-refractivity contribution in [2.24, 2.45) is 0 Å². The number of aliphatic hydroxyl groups is 1. The molecular weight excluding hydrogens is 313 g/mol. The van der Waals surface area contributed by atoms with E-state index in [2.05, 4.69) is 5.32 Å². The lowest BCUT2D eigenvalue weighted by Gasteiger charge is -2.09. The Hall–Kier alpha value is -1.69. The third kappa shape index (κ3) is 4.39. The fraction of sp³-hybridized carbons (Fsp3) is 0.133. The number of carbonyl (C=O) groups excluding carboxylic acids is 1. The molecular formula is C15H13ClFNO2S. The van der Waals surface area contributed by atoms with Crippen LogP contribution in [-0.4, -0.2) is 17.6 Å². The average molecular weight is 326 g/mol. The molecule has 2 rings (SSSR count). The average Bonchev–Trinajstić information content (AvgIpc) is 2.98. The van der Waals surface area contributed by atoms with Crippen molar-refractivity contribution >= 4 is 34.9 Å². The number of halogens is 2. The van der Waals surface area contributed by atoms with Gasteiger partial charge in [-0.3, -0.25) is 4.79 Å². The molecule has 2 N–H and O–H groups in total. The second-order valence-electron chi connectivity index (χ2n) is 4.29. The van der Waals surface area contributed by atoms with Gasteiger partial charge in [-0.25, -0.2) is 4.39 Å². The van der Waals surface area contributed by atoms with Crippen LogP contribution in [0.5, 0.6) is 0 Å². The molecule has 0 saturated carbocycles. The van der Waals surface area contributed by atoms with Crippen LogP contribution in [0.1, 0.15) is 17.2 Å². The zero-order valence-electron chi connectivity index (χ0n) is 10.9. The monoisotopic (exact) mass is 325 g/mol. The molecule has 110 valence electrons. The molecule has 0 fully saturated rings. The highest BCUT2D eigenvalue weighted by molar-refractivity contribution is 7.07. The number of aliphatic hydroxyl groups excluding tert-OH is 1. The molecule has 6 heteroatoms. The van der Waals surface area contributed by atoms with Crippen LogP contribution >= 0.6 is 22.9 Å². The summed E-state index contributed by atoms with van der Waals surface area (Å²) < 4.78 is 13.5. The van der Waals surface area contributed by atoms with Gasteiger partial charge in [0.05, 0.1) is 11.1 Å². The van der Waals surface area contributed by atoms with Crippen molar-refractivity contribution in [2.45, 2.75) is 6.10 Å². The predicted molar refractivity (Wildman–Crippen MR) is 82.7 cm³/mol. The molecule has 3 nitrogen and oxygen atoms in total. The molecule has 0 aliphatic rings. The second kappa shape index (κ2) is 7.36. The normalized spacial score (nSPS) is 12.5. The molecule has 1 atom stereocenters. The van der Waals surface area contributed by atoms with E-state index in [9.17, 15) is 14.3 Å². The SMILES string of the molecule is O=C(/C=C/c1c(F)cccc1Cl)NCC(O)c1ccsc1. The van der Waals surface area contributed by atoms with Crippen LogP contribution in [0.4, 0.5) is 4.39 Å². The van der Waals surface area contributed by atoms with Crippen molar-refractivity contribution in [1.29, 1.82) is 0 Å². The van der Waals surface area contributed by atoms with Crippen LogP contribution in [0.25, 0.3) is 6.08 Å². The van der Waals surface area contributed by atoms with E-state index in [0.29, 0.717) is 0 Å². The van der Waals surface area contributed by atoms with Crippen LogP contribution in [0, 0.1) is 5.82 Å². The summed E-state index contributed by atoms with van der Waals surface area (Å²) >= 11 is 7.32. The third-order valence-electron chi connectivity index (χ3n) is 2.80. The van der Waals surface area contributed by atoms with Crippen LogP contribution in [0.2, 0.25) is 5.02 Å². The topological polar surface area (TPSA) is 49.3 Å². The quantitative estimate of drug-likeness (QED) is 0.828. The predicted octanol–water partition coefficient (Wildman–Crippen LogP) is 3.40. The van der Waals surface area contributed by atoms with E-state index in [-0.39, 0.29) is 17.1 Å². The van der Waals surface area contributed by atoms with Gasteiger partial charge in [0.25, 0.3) is 0 Å². The Kier molecular flexibility index (Phi) is 5.50. The molecule has 1 heterocycles. The van der Waals surface area contributed by atoms with Crippen LogP contribution in [-0.2, 0) is 4.79 Å². The fourth-order valence-corrected chi connectivity index (χ4v) is 2.60. The smallest absolute Gasteiger partial charge is 0.244 e. The molecule has 0 aliphatic carbocycles. The van der Waals surface area contributed by atoms with Gasteiger partial charge in [0.2, 0.25) is 5.91 Å².